The van der Waals surface area contributed by atoms with Gasteiger partial charge in [0, 0.05) is 32.0 Å². The molecule has 1 aliphatic heterocycles. The maximum Gasteiger partial charge on any atom is 0.274 e. The molecule has 114 valence electrons. The fourth-order valence-corrected chi connectivity index (χ4v) is 2.16. The van der Waals surface area contributed by atoms with Gasteiger partial charge in [-0.05, 0) is 23.8 Å². The summed E-state index contributed by atoms with van der Waals surface area (Å²) in [5.74, 6) is 0.525. The smallest absolute Gasteiger partial charge is 0.274 e. The van der Waals surface area contributed by atoms with Crippen molar-refractivity contribution in [2.24, 2.45) is 0 Å². The predicted octanol–water partition coefficient (Wildman–Crippen LogP) is 0.956. The number of morpholine rings is 1. The van der Waals surface area contributed by atoms with Crippen molar-refractivity contribution in [2.75, 3.05) is 31.6 Å². The Balaban J connectivity index is 1.59. The zero-order valence-electron chi connectivity index (χ0n) is 12.1. The lowest BCUT2D eigenvalue weighted by Gasteiger charge is -2.26. The first-order valence-corrected chi connectivity index (χ1v) is 7.16. The van der Waals surface area contributed by atoms with Crippen LogP contribution in [0.2, 0.25) is 0 Å². The highest BCUT2D eigenvalue weighted by Gasteiger charge is 2.19. The second-order valence-electron chi connectivity index (χ2n) is 4.92. The van der Waals surface area contributed by atoms with Gasteiger partial charge in [0.2, 0.25) is 0 Å². The number of aromatic nitrogens is 3. The molecule has 2 aromatic heterocycles. The maximum atomic E-state index is 12.2. The molecule has 0 atom stereocenters. The number of rotatable bonds is 4. The summed E-state index contributed by atoms with van der Waals surface area (Å²) >= 11 is 0. The van der Waals surface area contributed by atoms with Gasteiger partial charge in [-0.1, -0.05) is 6.07 Å². The highest BCUT2D eigenvalue weighted by molar-refractivity contribution is 5.92. The van der Waals surface area contributed by atoms with Crippen molar-refractivity contribution in [1.29, 1.82) is 0 Å². The van der Waals surface area contributed by atoms with Crippen LogP contribution in [0.4, 0.5) is 5.82 Å². The van der Waals surface area contributed by atoms with Crippen LogP contribution in [0, 0.1) is 0 Å². The van der Waals surface area contributed by atoms with Gasteiger partial charge in [0.05, 0.1) is 13.2 Å². The van der Waals surface area contributed by atoms with Gasteiger partial charge < -0.3 is 15.0 Å². The average molecular weight is 299 g/mol. The van der Waals surface area contributed by atoms with Crippen LogP contribution in [0.25, 0.3) is 0 Å². The van der Waals surface area contributed by atoms with Crippen LogP contribution in [-0.4, -0.2) is 52.3 Å². The van der Waals surface area contributed by atoms with Gasteiger partial charge in [0.15, 0.2) is 5.69 Å². The SMILES string of the molecule is O=C(c1ccc(NCc2cccnc2)nn1)N1CCOCC1. The fourth-order valence-electron chi connectivity index (χ4n) is 2.16. The molecule has 7 heteroatoms. The summed E-state index contributed by atoms with van der Waals surface area (Å²) < 4.78 is 5.23. The molecule has 22 heavy (non-hydrogen) atoms. The van der Waals surface area contributed by atoms with Gasteiger partial charge in [0.25, 0.3) is 5.91 Å². The van der Waals surface area contributed by atoms with Gasteiger partial charge in [-0.2, -0.15) is 0 Å². The van der Waals surface area contributed by atoms with Gasteiger partial charge in [-0.15, -0.1) is 10.2 Å². The van der Waals surface area contributed by atoms with E-state index in [1.54, 1.807) is 29.4 Å². The van der Waals surface area contributed by atoms with Crippen LogP contribution in [0.5, 0.6) is 0 Å². The molecule has 1 fully saturated rings. The Morgan fingerprint density at radius 3 is 2.77 bits per heavy atom. The Hall–Kier alpha value is -2.54. The first kappa shape index (κ1) is 14.4. The number of nitrogens with zero attached hydrogens (tertiary/aromatic N) is 4. The summed E-state index contributed by atoms with van der Waals surface area (Å²) in [4.78, 5) is 18.0. The summed E-state index contributed by atoms with van der Waals surface area (Å²) in [7, 11) is 0. The third-order valence-electron chi connectivity index (χ3n) is 3.38. The zero-order valence-corrected chi connectivity index (χ0v) is 12.1. The second-order valence-corrected chi connectivity index (χ2v) is 4.92. The molecule has 0 saturated carbocycles. The Labute approximate surface area is 128 Å². The molecular formula is C15H17N5O2. The van der Waals surface area contributed by atoms with Gasteiger partial charge in [-0.3, -0.25) is 9.78 Å². The summed E-state index contributed by atoms with van der Waals surface area (Å²) in [6, 6.07) is 7.31. The molecule has 2 aromatic rings. The predicted molar refractivity (Wildman–Crippen MR) is 80.3 cm³/mol. The Kier molecular flexibility index (Phi) is 4.55. The second kappa shape index (κ2) is 6.95. The van der Waals surface area contributed by atoms with Gasteiger partial charge >= 0.3 is 0 Å². The van der Waals surface area contributed by atoms with Crippen LogP contribution >= 0.6 is 0 Å². The minimum absolute atomic E-state index is 0.102. The Morgan fingerprint density at radius 2 is 2.09 bits per heavy atom. The first-order chi connectivity index (χ1) is 10.8. The number of amides is 1. The van der Waals surface area contributed by atoms with Crippen LogP contribution in [0.15, 0.2) is 36.7 Å². The summed E-state index contributed by atoms with van der Waals surface area (Å²) in [5.41, 5.74) is 1.41. The molecule has 0 spiro atoms. The lowest BCUT2D eigenvalue weighted by Crippen LogP contribution is -2.41. The van der Waals surface area contributed by atoms with E-state index in [0.717, 1.165) is 5.56 Å². The van der Waals surface area contributed by atoms with E-state index in [1.807, 2.05) is 12.1 Å². The average Bonchev–Trinajstić information content (AvgIpc) is 2.61. The molecule has 0 radical (unpaired) electrons. The number of ether oxygens (including phenoxy) is 1. The quantitative estimate of drug-likeness (QED) is 0.905. The minimum atomic E-state index is -0.102. The van der Waals surface area contributed by atoms with E-state index in [-0.39, 0.29) is 5.91 Å². The molecule has 1 amide bonds. The maximum absolute atomic E-state index is 12.2. The van der Waals surface area contributed by atoms with Crippen molar-refractivity contribution in [3.63, 3.8) is 0 Å². The molecule has 0 unspecified atom stereocenters. The van der Waals surface area contributed by atoms with E-state index in [0.29, 0.717) is 44.4 Å². The lowest BCUT2D eigenvalue weighted by atomic mass is 10.3. The van der Waals surface area contributed by atoms with Crippen LogP contribution in [0.3, 0.4) is 0 Å². The minimum Gasteiger partial charge on any atom is -0.378 e. The molecule has 1 N–H and O–H groups in total. The summed E-state index contributed by atoms with van der Waals surface area (Å²) in [6.45, 7) is 2.95. The number of hydrogen-bond acceptors (Lipinski definition) is 6. The summed E-state index contributed by atoms with van der Waals surface area (Å²) in [5, 5.41) is 11.2. The number of hydrogen-bond donors (Lipinski definition) is 1. The number of anilines is 1. The van der Waals surface area contributed by atoms with E-state index in [1.165, 1.54) is 0 Å². The lowest BCUT2D eigenvalue weighted by molar-refractivity contribution is 0.0298. The number of carbonyl (C=O) groups is 1. The third-order valence-corrected chi connectivity index (χ3v) is 3.38. The normalized spacial score (nSPS) is 14.6. The molecular weight excluding hydrogens is 282 g/mol. The van der Waals surface area contributed by atoms with Crippen molar-refractivity contribution >= 4 is 11.7 Å². The van der Waals surface area contributed by atoms with Crippen molar-refractivity contribution in [3.8, 4) is 0 Å². The molecule has 0 bridgehead atoms. The van der Waals surface area contributed by atoms with E-state index < -0.39 is 0 Å². The monoisotopic (exact) mass is 299 g/mol. The number of nitrogens with one attached hydrogen (secondary N) is 1. The Morgan fingerprint density at radius 1 is 1.23 bits per heavy atom. The topological polar surface area (TPSA) is 80.2 Å². The molecule has 0 aliphatic carbocycles. The Bertz CT molecular complexity index is 612. The van der Waals surface area contributed by atoms with Crippen molar-refractivity contribution in [1.82, 2.24) is 20.1 Å². The van der Waals surface area contributed by atoms with Crippen molar-refractivity contribution < 1.29 is 9.53 Å². The van der Waals surface area contributed by atoms with E-state index in [2.05, 4.69) is 20.5 Å². The van der Waals surface area contributed by atoms with E-state index in [9.17, 15) is 4.79 Å². The molecule has 1 saturated heterocycles. The van der Waals surface area contributed by atoms with E-state index >= 15 is 0 Å². The first-order valence-electron chi connectivity index (χ1n) is 7.16. The van der Waals surface area contributed by atoms with Gasteiger partial charge in [-0.25, -0.2) is 0 Å². The van der Waals surface area contributed by atoms with Crippen molar-refractivity contribution in [2.45, 2.75) is 6.54 Å². The van der Waals surface area contributed by atoms with E-state index in [4.69, 9.17) is 4.74 Å². The molecule has 1 aliphatic rings. The highest BCUT2D eigenvalue weighted by atomic mass is 16.5. The third kappa shape index (κ3) is 3.56. The molecule has 3 rings (SSSR count). The molecule has 7 nitrogen and oxygen atoms in total. The fraction of sp³-hybridized carbons (Fsp3) is 0.333. The standard InChI is InChI=1S/C15H17N5O2/c21-15(20-6-8-22-9-7-20)13-3-4-14(19-18-13)17-11-12-2-1-5-16-10-12/h1-5,10H,6-9,11H2,(H,17,19). The summed E-state index contributed by atoms with van der Waals surface area (Å²) in [6.07, 6.45) is 3.52. The molecule has 0 aromatic carbocycles. The van der Waals surface area contributed by atoms with Gasteiger partial charge in [0.1, 0.15) is 5.82 Å². The highest BCUT2D eigenvalue weighted by Crippen LogP contribution is 2.08. The molecule has 3 heterocycles. The zero-order chi connectivity index (χ0) is 15.2. The van der Waals surface area contributed by atoms with Crippen molar-refractivity contribution in [3.05, 3.63) is 47.9 Å². The number of pyridine rings is 1. The van der Waals surface area contributed by atoms with Crippen LogP contribution in [-0.2, 0) is 11.3 Å². The van der Waals surface area contributed by atoms with Crippen LogP contribution < -0.4 is 5.32 Å². The largest absolute Gasteiger partial charge is 0.378 e. The van der Waals surface area contributed by atoms with Crippen LogP contribution in [0.1, 0.15) is 16.1 Å². The number of carbonyl (C=O) groups excluding carboxylic acids is 1.